The lowest BCUT2D eigenvalue weighted by atomic mass is 9.83. The molecule has 0 bridgehead atoms. The number of nitrogens with zero attached hydrogens (tertiary/aromatic N) is 4. The van der Waals surface area contributed by atoms with E-state index in [1.54, 1.807) is 62.6 Å². The number of aliphatic hydroxyl groups is 1. The van der Waals surface area contributed by atoms with Gasteiger partial charge in [-0.05, 0) is 44.2 Å². The van der Waals surface area contributed by atoms with E-state index < -0.39 is 11.4 Å². The van der Waals surface area contributed by atoms with Crippen LogP contribution in [-0.4, -0.2) is 30.2 Å². The zero-order chi connectivity index (χ0) is 22.5. The molecule has 0 fully saturated rings. The Bertz CT molecular complexity index is 1370. The zero-order valence-corrected chi connectivity index (χ0v) is 17.3. The van der Waals surface area contributed by atoms with Crippen LogP contribution in [0.3, 0.4) is 0 Å². The van der Waals surface area contributed by atoms with Crippen molar-refractivity contribution < 1.29 is 14.0 Å². The third-order valence-electron chi connectivity index (χ3n) is 5.49. The molecule has 0 aliphatic carbocycles. The number of rotatable bonds is 4. The molecule has 0 aliphatic heterocycles. The fraction of sp³-hybridized carbons (Fsp3) is 0.130. The summed E-state index contributed by atoms with van der Waals surface area (Å²) in [5, 5.41) is 16.2. The fourth-order valence-corrected chi connectivity index (χ4v) is 4.04. The number of fused-ring (bicyclic) bond motifs is 1. The second kappa shape index (κ2) is 7.24. The lowest BCUT2D eigenvalue weighted by molar-refractivity contribution is 0.117. The van der Waals surface area contributed by atoms with E-state index in [9.17, 15) is 5.11 Å². The molecule has 0 radical (unpaired) electrons. The van der Waals surface area contributed by atoms with Gasteiger partial charge in [0.05, 0.1) is 22.6 Å². The second-order valence-electron chi connectivity index (χ2n) is 7.47. The first-order valence-corrected chi connectivity index (χ1v) is 9.88. The summed E-state index contributed by atoms with van der Waals surface area (Å²) in [5.41, 5.74) is 6.36. The number of anilines is 1. The first-order valence-electron chi connectivity index (χ1n) is 9.88. The summed E-state index contributed by atoms with van der Waals surface area (Å²) in [6, 6.07) is 11.9. The summed E-state index contributed by atoms with van der Waals surface area (Å²) in [6.07, 6.45) is 3.14. The first kappa shape index (κ1) is 19.8. The van der Waals surface area contributed by atoms with Gasteiger partial charge in [0.2, 0.25) is 0 Å². The lowest BCUT2D eigenvalue weighted by Crippen LogP contribution is -2.31. The van der Waals surface area contributed by atoms with E-state index in [0.29, 0.717) is 28.4 Å². The Balaban J connectivity index is 1.93. The number of aryl methyl sites for hydroxylation is 2. The molecule has 9 heteroatoms. The third-order valence-corrected chi connectivity index (χ3v) is 5.49. The molecule has 160 valence electrons. The van der Waals surface area contributed by atoms with Crippen LogP contribution in [0.2, 0.25) is 0 Å². The third kappa shape index (κ3) is 2.86. The van der Waals surface area contributed by atoms with Crippen molar-refractivity contribution in [2.45, 2.75) is 19.4 Å². The molecular weight excluding hydrogens is 411 g/mol. The number of imidazole rings is 1. The number of nitrogens with two attached hydrogens (primary N) is 1. The second-order valence-corrected chi connectivity index (χ2v) is 7.47. The van der Waals surface area contributed by atoms with Crippen molar-refractivity contribution in [3.63, 3.8) is 0 Å². The van der Waals surface area contributed by atoms with Gasteiger partial charge in [0.25, 0.3) is 0 Å². The van der Waals surface area contributed by atoms with Crippen molar-refractivity contribution in [2.75, 3.05) is 5.73 Å². The molecule has 8 nitrogen and oxygen atoms in total. The molecule has 0 amide bonds. The summed E-state index contributed by atoms with van der Waals surface area (Å²) in [6.45, 7) is 3.42. The molecule has 5 rings (SSSR count). The molecule has 0 unspecified atom stereocenters. The predicted octanol–water partition coefficient (Wildman–Crippen LogP) is 3.63. The van der Waals surface area contributed by atoms with E-state index in [2.05, 4.69) is 25.1 Å². The Hall–Kier alpha value is -4.11. The summed E-state index contributed by atoms with van der Waals surface area (Å²) < 4.78 is 20.9. The number of benzene rings is 1. The number of nitrogens with one attached hydrogen (secondary N) is 1. The van der Waals surface area contributed by atoms with Crippen LogP contribution in [0.15, 0.2) is 59.4 Å². The molecule has 4 N–H and O–H groups in total. The normalized spacial score (nSPS) is 11.9. The van der Waals surface area contributed by atoms with Crippen LogP contribution < -0.4 is 5.73 Å². The highest BCUT2D eigenvalue weighted by Gasteiger charge is 2.40. The zero-order valence-electron chi connectivity index (χ0n) is 17.3. The van der Waals surface area contributed by atoms with Crippen molar-refractivity contribution >= 4 is 17.0 Å². The topological polar surface area (TPSA) is 127 Å². The van der Waals surface area contributed by atoms with E-state index in [4.69, 9.17) is 10.3 Å². The number of hydrogen-bond acceptors (Lipinski definition) is 7. The van der Waals surface area contributed by atoms with Crippen molar-refractivity contribution in [2.24, 2.45) is 0 Å². The molecule has 0 saturated carbocycles. The highest BCUT2D eigenvalue weighted by molar-refractivity contribution is 5.89. The quantitative estimate of drug-likeness (QED) is 0.397. The van der Waals surface area contributed by atoms with Crippen molar-refractivity contribution in [3.05, 3.63) is 89.1 Å². The van der Waals surface area contributed by atoms with Crippen LogP contribution >= 0.6 is 0 Å². The predicted molar refractivity (Wildman–Crippen MR) is 116 cm³/mol. The van der Waals surface area contributed by atoms with Gasteiger partial charge in [-0.2, -0.15) is 0 Å². The number of nitrogen functional groups attached to an aromatic ring is 1. The van der Waals surface area contributed by atoms with Crippen LogP contribution in [0.1, 0.15) is 28.4 Å². The number of pyridine rings is 2. The van der Waals surface area contributed by atoms with Gasteiger partial charge in [-0.25, -0.2) is 9.37 Å². The number of hydrogen-bond donors (Lipinski definition) is 3. The average molecular weight is 430 g/mol. The van der Waals surface area contributed by atoms with Gasteiger partial charge in [-0.3, -0.25) is 9.97 Å². The Kier molecular flexibility index (Phi) is 4.49. The van der Waals surface area contributed by atoms with E-state index >= 15 is 4.39 Å². The molecule has 5 aromatic rings. The smallest absolute Gasteiger partial charge is 0.198 e. The number of H-pyrrole nitrogens is 1. The van der Waals surface area contributed by atoms with Gasteiger partial charge in [-0.15, -0.1) is 0 Å². The van der Waals surface area contributed by atoms with Gasteiger partial charge in [0, 0.05) is 23.5 Å². The van der Waals surface area contributed by atoms with Crippen molar-refractivity contribution in [1.29, 1.82) is 0 Å². The van der Waals surface area contributed by atoms with Gasteiger partial charge in [0.1, 0.15) is 16.8 Å². The van der Waals surface area contributed by atoms with Crippen LogP contribution in [0.4, 0.5) is 10.3 Å². The highest BCUT2D eigenvalue weighted by Crippen LogP contribution is 2.42. The minimum absolute atomic E-state index is 0.0143. The summed E-state index contributed by atoms with van der Waals surface area (Å²) in [4.78, 5) is 15.8. The Morgan fingerprint density at radius 2 is 1.72 bits per heavy atom. The number of halogens is 1. The summed E-state index contributed by atoms with van der Waals surface area (Å²) in [5.74, 6) is -0.120. The number of aromatic nitrogens is 5. The minimum Gasteiger partial charge on any atom is -0.373 e. The molecule has 0 saturated heterocycles. The van der Waals surface area contributed by atoms with Crippen LogP contribution in [0.5, 0.6) is 0 Å². The highest BCUT2D eigenvalue weighted by atomic mass is 19.1. The average Bonchev–Trinajstić information content (AvgIpc) is 3.37. The Morgan fingerprint density at radius 3 is 2.25 bits per heavy atom. The molecular formula is C23H19FN6O2. The van der Waals surface area contributed by atoms with E-state index in [-0.39, 0.29) is 28.1 Å². The molecule has 4 aromatic heterocycles. The van der Waals surface area contributed by atoms with Crippen LogP contribution in [0.25, 0.3) is 22.2 Å². The largest absolute Gasteiger partial charge is 0.373 e. The molecule has 4 heterocycles. The molecule has 0 atom stereocenters. The monoisotopic (exact) mass is 430 g/mol. The van der Waals surface area contributed by atoms with Gasteiger partial charge in [0.15, 0.2) is 17.4 Å². The van der Waals surface area contributed by atoms with E-state index in [1.807, 2.05) is 0 Å². The standard InChI is InChI=1S/C23H19FN6O2/c1-12-18(13(2)32-30-12)14-11-15(20-21(19(14)24)29-22(25)28-20)23(31,16-7-3-5-9-26-16)17-8-4-6-10-27-17/h3-11,31H,1-2H3,(H3,25,28,29). The van der Waals surface area contributed by atoms with E-state index in [0.717, 1.165) is 0 Å². The lowest BCUT2D eigenvalue weighted by Gasteiger charge is -2.28. The maximum absolute atomic E-state index is 15.7. The molecule has 0 spiro atoms. The number of aromatic amines is 1. The molecule has 0 aliphatic rings. The van der Waals surface area contributed by atoms with Crippen molar-refractivity contribution in [1.82, 2.24) is 25.1 Å². The minimum atomic E-state index is -1.84. The summed E-state index contributed by atoms with van der Waals surface area (Å²) in [7, 11) is 0. The van der Waals surface area contributed by atoms with E-state index in [1.165, 1.54) is 6.07 Å². The Labute approximate surface area is 182 Å². The summed E-state index contributed by atoms with van der Waals surface area (Å²) >= 11 is 0. The fourth-order valence-electron chi connectivity index (χ4n) is 4.04. The molecule has 1 aromatic carbocycles. The van der Waals surface area contributed by atoms with Crippen LogP contribution in [-0.2, 0) is 5.60 Å². The van der Waals surface area contributed by atoms with Crippen molar-refractivity contribution in [3.8, 4) is 11.1 Å². The molecule has 32 heavy (non-hydrogen) atoms. The Morgan fingerprint density at radius 1 is 1.06 bits per heavy atom. The first-order chi connectivity index (χ1) is 15.4. The maximum Gasteiger partial charge on any atom is 0.198 e. The SMILES string of the molecule is Cc1noc(C)c1-c1cc(C(O)(c2ccccn2)c2ccccn2)c2nc(N)[nH]c2c1F. The van der Waals surface area contributed by atoms with Gasteiger partial charge < -0.3 is 20.3 Å². The van der Waals surface area contributed by atoms with Gasteiger partial charge >= 0.3 is 0 Å². The van der Waals surface area contributed by atoms with Gasteiger partial charge in [-0.1, -0.05) is 17.3 Å². The maximum atomic E-state index is 15.7. The van der Waals surface area contributed by atoms with Crippen LogP contribution in [0, 0.1) is 19.7 Å².